The van der Waals surface area contributed by atoms with Gasteiger partial charge in [0.1, 0.15) is 5.76 Å². The maximum Gasteiger partial charge on any atom is 0.232 e. The molecule has 21 heavy (non-hydrogen) atoms. The van der Waals surface area contributed by atoms with Crippen molar-refractivity contribution in [1.29, 1.82) is 0 Å². The van der Waals surface area contributed by atoms with E-state index in [1.54, 1.807) is 25.3 Å². The number of furan rings is 1. The van der Waals surface area contributed by atoms with E-state index in [0.29, 0.717) is 5.69 Å². The molecule has 0 amide bonds. The third-order valence-corrected chi connectivity index (χ3v) is 4.35. The van der Waals surface area contributed by atoms with Crippen LogP contribution in [0.1, 0.15) is 19.6 Å². The Morgan fingerprint density at radius 1 is 1.14 bits per heavy atom. The van der Waals surface area contributed by atoms with Gasteiger partial charge in [-0.25, -0.2) is 8.42 Å². The second kappa shape index (κ2) is 6.67. The fraction of sp³-hybridized carbons (Fsp3) is 0.333. The standard InChI is InChI=1S/C15H20N2O3S/c1-3-21(18,19)17-14-8-6-13(7-9-14)16-12(2)11-15-5-4-10-20-15/h4-10,12,16-17H,3,11H2,1-2H3. The predicted molar refractivity (Wildman–Crippen MR) is 85.0 cm³/mol. The van der Waals surface area contributed by atoms with Crippen LogP contribution in [-0.2, 0) is 16.4 Å². The molecule has 1 unspecified atom stereocenters. The van der Waals surface area contributed by atoms with Gasteiger partial charge in [-0.1, -0.05) is 0 Å². The molecule has 0 fully saturated rings. The summed E-state index contributed by atoms with van der Waals surface area (Å²) in [5.41, 5.74) is 1.51. The van der Waals surface area contributed by atoms with Gasteiger partial charge in [0.15, 0.2) is 0 Å². The summed E-state index contributed by atoms with van der Waals surface area (Å²) in [6.45, 7) is 3.67. The van der Waals surface area contributed by atoms with Crippen molar-refractivity contribution < 1.29 is 12.8 Å². The molecule has 114 valence electrons. The van der Waals surface area contributed by atoms with Crippen LogP contribution in [0, 0.1) is 0 Å². The Balaban J connectivity index is 1.93. The molecule has 1 atom stereocenters. The topological polar surface area (TPSA) is 71.3 Å². The van der Waals surface area contributed by atoms with Crippen LogP contribution in [-0.4, -0.2) is 20.2 Å². The van der Waals surface area contributed by atoms with Crippen LogP contribution in [0.4, 0.5) is 11.4 Å². The van der Waals surface area contributed by atoms with Gasteiger partial charge in [-0.3, -0.25) is 4.72 Å². The lowest BCUT2D eigenvalue weighted by atomic mass is 10.2. The van der Waals surface area contributed by atoms with E-state index < -0.39 is 10.0 Å². The molecule has 0 aliphatic heterocycles. The monoisotopic (exact) mass is 308 g/mol. The summed E-state index contributed by atoms with van der Waals surface area (Å²) >= 11 is 0. The van der Waals surface area contributed by atoms with E-state index in [1.807, 2.05) is 24.3 Å². The summed E-state index contributed by atoms with van der Waals surface area (Å²) < 4.78 is 30.8. The van der Waals surface area contributed by atoms with Gasteiger partial charge in [0.25, 0.3) is 0 Å². The molecule has 0 spiro atoms. The number of rotatable bonds is 7. The van der Waals surface area contributed by atoms with Gasteiger partial charge in [0.2, 0.25) is 10.0 Å². The van der Waals surface area contributed by atoms with E-state index in [9.17, 15) is 8.42 Å². The van der Waals surface area contributed by atoms with Crippen LogP contribution < -0.4 is 10.0 Å². The van der Waals surface area contributed by atoms with Crippen LogP contribution in [0.15, 0.2) is 47.1 Å². The molecule has 0 saturated carbocycles. The Hall–Kier alpha value is -1.95. The smallest absolute Gasteiger partial charge is 0.232 e. The zero-order valence-electron chi connectivity index (χ0n) is 12.2. The molecule has 0 radical (unpaired) electrons. The highest BCUT2D eigenvalue weighted by Crippen LogP contribution is 2.16. The van der Waals surface area contributed by atoms with Gasteiger partial charge in [0, 0.05) is 23.8 Å². The van der Waals surface area contributed by atoms with Crippen molar-refractivity contribution in [3.05, 3.63) is 48.4 Å². The van der Waals surface area contributed by atoms with E-state index in [1.165, 1.54) is 0 Å². The van der Waals surface area contributed by atoms with Gasteiger partial charge in [-0.2, -0.15) is 0 Å². The Kier molecular flexibility index (Phi) is 4.90. The van der Waals surface area contributed by atoms with E-state index in [0.717, 1.165) is 17.9 Å². The number of anilines is 2. The second-order valence-corrected chi connectivity index (χ2v) is 6.92. The minimum atomic E-state index is -3.23. The fourth-order valence-electron chi connectivity index (χ4n) is 1.95. The predicted octanol–water partition coefficient (Wildman–Crippen LogP) is 3.08. The molecule has 2 rings (SSSR count). The molecule has 5 nitrogen and oxygen atoms in total. The Bertz CT molecular complexity index is 649. The van der Waals surface area contributed by atoms with Crippen molar-refractivity contribution in [3.8, 4) is 0 Å². The summed E-state index contributed by atoms with van der Waals surface area (Å²) in [7, 11) is -3.23. The van der Waals surface area contributed by atoms with Crippen molar-refractivity contribution in [2.75, 3.05) is 15.8 Å². The van der Waals surface area contributed by atoms with E-state index >= 15 is 0 Å². The lowest BCUT2D eigenvalue weighted by molar-refractivity contribution is 0.498. The second-order valence-electron chi connectivity index (χ2n) is 4.91. The summed E-state index contributed by atoms with van der Waals surface area (Å²) in [6.07, 6.45) is 2.45. The highest BCUT2D eigenvalue weighted by atomic mass is 32.2. The molecule has 1 aromatic heterocycles. The average Bonchev–Trinajstić information content (AvgIpc) is 2.93. The highest BCUT2D eigenvalue weighted by Gasteiger charge is 2.08. The zero-order chi connectivity index (χ0) is 15.3. The maximum absolute atomic E-state index is 11.5. The number of benzene rings is 1. The molecule has 2 N–H and O–H groups in total. The first kappa shape index (κ1) is 15.4. The summed E-state index contributed by atoms with van der Waals surface area (Å²) in [5, 5.41) is 3.35. The molecule has 0 saturated heterocycles. The van der Waals surface area contributed by atoms with E-state index in [-0.39, 0.29) is 11.8 Å². The Labute approximate surface area is 125 Å². The Morgan fingerprint density at radius 3 is 2.38 bits per heavy atom. The van der Waals surface area contributed by atoms with Crippen molar-refractivity contribution in [3.63, 3.8) is 0 Å². The molecule has 0 aliphatic rings. The highest BCUT2D eigenvalue weighted by molar-refractivity contribution is 7.92. The van der Waals surface area contributed by atoms with Gasteiger partial charge >= 0.3 is 0 Å². The van der Waals surface area contributed by atoms with Crippen molar-refractivity contribution in [1.82, 2.24) is 0 Å². The minimum Gasteiger partial charge on any atom is -0.469 e. The molecule has 1 heterocycles. The number of hydrogen-bond donors (Lipinski definition) is 2. The van der Waals surface area contributed by atoms with Crippen molar-refractivity contribution in [2.45, 2.75) is 26.3 Å². The Morgan fingerprint density at radius 2 is 1.81 bits per heavy atom. The SMILES string of the molecule is CCS(=O)(=O)Nc1ccc(NC(C)Cc2ccco2)cc1. The molecule has 2 aromatic rings. The first-order valence-electron chi connectivity index (χ1n) is 6.88. The third kappa shape index (κ3) is 4.82. The first-order valence-corrected chi connectivity index (χ1v) is 8.53. The zero-order valence-corrected chi connectivity index (χ0v) is 13.0. The lowest BCUT2D eigenvalue weighted by Crippen LogP contribution is -2.18. The molecular formula is C15H20N2O3S. The number of hydrogen-bond acceptors (Lipinski definition) is 4. The summed E-state index contributed by atoms with van der Waals surface area (Å²) in [6, 6.07) is 11.2. The maximum atomic E-state index is 11.5. The summed E-state index contributed by atoms with van der Waals surface area (Å²) in [5.74, 6) is 0.995. The normalized spacial score (nSPS) is 12.9. The molecular weight excluding hydrogens is 288 g/mol. The van der Waals surface area contributed by atoms with Crippen molar-refractivity contribution in [2.24, 2.45) is 0 Å². The van der Waals surface area contributed by atoms with Crippen LogP contribution in [0.5, 0.6) is 0 Å². The fourth-order valence-corrected chi connectivity index (χ4v) is 2.59. The van der Waals surface area contributed by atoms with Gasteiger partial charge < -0.3 is 9.73 Å². The van der Waals surface area contributed by atoms with Gasteiger partial charge in [-0.15, -0.1) is 0 Å². The molecule has 6 heteroatoms. The molecule has 0 bridgehead atoms. The lowest BCUT2D eigenvalue weighted by Gasteiger charge is -2.14. The van der Waals surface area contributed by atoms with Gasteiger partial charge in [-0.05, 0) is 50.2 Å². The van der Waals surface area contributed by atoms with Gasteiger partial charge in [0.05, 0.1) is 12.0 Å². The minimum absolute atomic E-state index is 0.0627. The molecule has 0 aliphatic carbocycles. The average molecular weight is 308 g/mol. The van der Waals surface area contributed by atoms with Crippen molar-refractivity contribution >= 4 is 21.4 Å². The van der Waals surface area contributed by atoms with E-state index in [2.05, 4.69) is 17.0 Å². The first-order chi connectivity index (χ1) is 9.98. The van der Waals surface area contributed by atoms with Crippen LogP contribution in [0.3, 0.4) is 0 Å². The largest absolute Gasteiger partial charge is 0.469 e. The quantitative estimate of drug-likeness (QED) is 0.824. The van der Waals surface area contributed by atoms with E-state index in [4.69, 9.17) is 4.42 Å². The van der Waals surface area contributed by atoms with Crippen LogP contribution in [0.25, 0.3) is 0 Å². The van der Waals surface area contributed by atoms with Crippen LogP contribution >= 0.6 is 0 Å². The number of sulfonamides is 1. The number of nitrogens with one attached hydrogen (secondary N) is 2. The summed E-state index contributed by atoms with van der Waals surface area (Å²) in [4.78, 5) is 0. The van der Waals surface area contributed by atoms with Crippen LogP contribution in [0.2, 0.25) is 0 Å². The molecule has 1 aromatic carbocycles. The third-order valence-electron chi connectivity index (χ3n) is 3.04.